The number of esters is 1. The fourth-order valence-electron chi connectivity index (χ4n) is 2.93. The molecule has 2 atom stereocenters. The van der Waals surface area contributed by atoms with Crippen LogP contribution in [0.5, 0.6) is 0 Å². The zero-order valence-corrected chi connectivity index (χ0v) is 16.2. The quantitative estimate of drug-likeness (QED) is 0.406. The van der Waals surface area contributed by atoms with Crippen LogP contribution in [0.1, 0.15) is 13.3 Å². The fraction of sp³-hybridized carbons (Fsp3) is 0.600. The van der Waals surface area contributed by atoms with Gasteiger partial charge in [0.1, 0.15) is 24.2 Å². The minimum absolute atomic E-state index is 0.113. The van der Waals surface area contributed by atoms with Crippen molar-refractivity contribution in [2.45, 2.75) is 25.9 Å². The van der Waals surface area contributed by atoms with E-state index in [-0.39, 0.29) is 13.0 Å². The number of carbonyl (C=O) groups is 1. The monoisotopic (exact) mass is 398 g/mol. The zero-order valence-electron chi connectivity index (χ0n) is 15.3. The Morgan fingerprint density at radius 1 is 1.44 bits per heavy atom. The van der Waals surface area contributed by atoms with Crippen LogP contribution in [0.2, 0.25) is 0 Å². The molecule has 2 N–H and O–H groups in total. The van der Waals surface area contributed by atoms with Gasteiger partial charge in [-0.05, 0) is 13.3 Å². The van der Waals surface area contributed by atoms with E-state index in [1.165, 1.54) is 13.4 Å². The number of fused-ring (bicyclic) bond motifs is 1. The smallest absolute Gasteiger partial charge is 0.323 e. The van der Waals surface area contributed by atoms with Gasteiger partial charge in [-0.25, -0.2) is 19.6 Å². The lowest BCUT2D eigenvalue weighted by molar-refractivity contribution is -0.145. The van der Waals surface area contributed by atoms with E-state index in [9.17, 15) is 9.36 Å². The van der Waals surface area contributed by atoms with Gasteiger partial charge in [-0.15, -0.1) is 0 Å². The molecule has 0 amide bonds. The first-order chi connectivity index (χ1) is 13.0. The summed E-state index contributed by atoms with van der Waals surface area (Å²) in [6, 6.07) is -0.665. The second kappa shape index (κ2) is 8.30. The maximum atomic E-state index is 13.2. The van der Waals surface area contributed by atoms with Gasteiger partial charge in [-0.2, -0.15) is 0 Å². The number of aromatic nitrogens is 4. The lowest BCUT2D eigenvalue weighted by Crippen LogP contribution is -2.42. The summed E-state index contributed by atoms with van der Waals surface area (Å²) in [5.74, 6) is -0.143. The third-order valence-electron chi connectivity index (χ3n) is 4.37. The average Bonchev–Trinajstić information content (AvgIpc) is 3.09. The summed E-state index contributed by atoms with van der Waals surface area (Å²) in [6.45, 7) is 3.21. The summed E-state index contributed by atoms with van der Waals surface area (Å²) in [6.07, 6.45) is 3.55. The van der Waals surface area contributed by atoms with Crippen molar-refractivity contribution in [3.8, 4) is 0 Å². The number of hydrogen-bond acceptors (Lipinski definition) is 9. The molecule has 0 bridgehead atoms. The van der Waals surface area contributed by atoms with Crippen LogP contribution in [0.25, 0.3) is 11.2 Å². The number of nitrogen functional groups attached to an aromatic ring is 1. The van der Waals surface area contributed by atoms with Gasteiger partial charge in [-0.3, -0.25) is 9.36 Å². The molecule has 2 aromatic heterocycles. The number of ether oxygens (including phenoxy) is 2. The van der Waals surface area contributed by atoms with E-state index in [0.717, 1.165) is 0 Å². The highest BCUT2D eigenvalue weighted by Gasteiger charge is 2.41. The summed E-state index contributed by atoms with van der Waals surface area (Å²) >= 11 is 0. The van der Waals surface area contributed by atoms with Gasteiger partial charge in [0.05, 0.1) is 26.7 Å². The van der Waals surface area contributed by atoms with Crippen LogP contribution >= 0.6 is 7.52 Å². The lowest BCUT2D eigenvalue weighted by atomic mass is 10.3. The number of imidazole rings is 1. The first kappa shape index (κ1) is 19.7. The van der Waals surface area contributed by atoms with Crippen LogP contribution in [-0.4, -0.2) is 69.4 Å². The van der Waals surface area contributed by atoms with Crippen molar-refractivity contribution in [2.75, 3.05) is 38.9 Å². The van der Waals surface area contributed by atoms with Gasteiger partial charge in [0.15, 0.2) is 11.5 Å². The fourth-order valence-corrected chi connectivity index (χ4v) is 5.14. The van der Waals surface area contributed by atoms with E-state index in [1.807, 2.05) is 0 Å². The minimum Gasteiger partial charge on any atom is -0.468 e. The summed E-state index contributed by atoms with van der Waals surface area (Å²) < 4.78 is 32.4. The minimum atomic E-state index is -3.27. The molecule has 12 heteroatoms. The molecule has 3 rings (SSSR count). The van der Waals surface area contributed by atoms with Crippen LogP contribution in [-0.2, 0) is 29.9 Å². The van der Waals surface area contributed by atoms with Gasteiger partial charge in [0, 0.05) is 13.1 Å². The number of nitrogens with zero attached hydrogens (tertiary/aromatic N) is 5. The first-order valence-corrected chi connectivity index (χ1v) is 10.3. The molecule has 1 fully saturated rings. The van der Waals surface area contributed by atoms with Crippen LogP contribution in [0.3, 0.4) is 0 Å². The number of carbonyl (C=O) groups excluding carboxylic acids is 1. The Morgan fingerprint density at radius 2 is 2.26 bits per heavy atom. The van der Waals surface area contributed by atoms with Crippen molar-refractivity contribution in [3.05, 3.63) is 12.7 Å². The van der Waals surface area contributed by atoms with Crippen molar-refractivity contribution >= 4 is 30.5 Å². The van der Waals surface area contributed by atoms with Crippen molar-refractivity contribution in [2.24, 2.45) is 0 Å². The summed E-state index contributed by atoms with van der Waals surface area (Å²) in [4.78, 5) is 24.1. The molecule has 0 radical (unpaired) electrons. The zero-order chi connectivity index (χ0) is 19.4. The number of rotatable bonds is 7. The molecule has 1 saturated heterocycles. The number of methoxy groups -OCH3 is 1. The highest BCUT2D eigenvalue weighted by atomic mass is 31.2. The Hall–Kier alpha value is -2.07. The van der Waals surface area contributed by atoms with Crippen molar-refractivity contribution in [1.29, 1.82) is 0 Å². The number of nitrogens with two attached hydrogens (primary N) is 1. The molecular formula is C15H23N6O5P. The number of hydrogen-bond donors (Lipinski definition) is 1. The second-order valence-electron chi connectivity index (χ2n) is 6.09. The first-order valence-electron chi connectivity index (χ1n) is 8.54. The van der Waals surface area contributed by atoms with E-state index in [2.05, 4.69) is 15.0 Å². The van der Waals surface area contributed by atoms with Gasteiger partial charge < -0.3 is 24.3 Å². The molecule has 0 spiro atoms. The number of anilines is 1. The van der Waals surface area contributed by atoms with E-state index in [0.29, 0.717) is 43.1 Å². The van der Waals surface area contributed by atoms with Crippen molar-refractivity contribution < 1.29 is 23.4 Å². The van der Waals surface area contributed by atoms with Crippen LogP contribution in [0.4, 0.5) is 5.82 Å². The predicted molar refractivity (Wildman–Crippen MR) is 96.9 cm³/mol. The molecule has 0 aromatic carbocycles. The third-order valence-corrected chi connectivity index (χ3v) is 6.79. The molecule has 0 unspecified atom stereocenters. The lowest BCUT2D eigenvalue weighted by Gasteiger charge is -2.37. The normalized spacial score (nSPS) is 22.0. The Bertz CT molecular complexity index is 858. The molecule has 148 valence electrons. The SMILES string of the molecule is COC(=O)[C@H](C)N1CCCO[P@@]1(=O)COCCn1cnc2c(N)ncnc21. The van der Waals surface area contributed by atoms with Crippen LogP contribution in [0.15, 0.2) is 12.7 Å². The van der Waals surface area contributed by atoms with E-state index < -0.39 is 19.5 Å². The molecule has 27 heavy (non-hydrogen) atoms. The van der Waals surface area contributed by atoms with E-state index in [4.69, 9.17) is 19.7 Å². The van der Waals surface area contributed by atoms with Gasteiger partial charge in [0.25, 0.3) is 7.52 Å². The van der Waals surface area contributed by atoms with E-state index in [1.54, 1.807) is 22.5 Å². The van der Waals surface area contributed by atoms with Gasteiger partial charge in [0.2, 0.25) is 0 Å². The maximum Gasteiger partial charge on any atom is 0.323 e. The second-order valence-corrected chi connectivity index (χ2v) is 8.40. The Morgan fingerprint density at radius 3 is 3.04 bits per heavy atom. The Balaban J connectivity index is 1.60. The molecule has 11 nitrogen and oxygen atoms in total. The molecule has 2 aromatic rings. The molecule has 3 heterocycles. The highest BCUT2D eigenvalue weighted by Crippen LogP contribution is 2.54. The topological polar surface area (TPSA) is 135 Å². The van der Waals surface area contributed by atoms with Gasteiger partial charge >= 0.3 is 5.97 Å². The van der Waals surface area contributed by atoms with E-state index >= 15 is 0 Å². The Kier molecular flexibility index (Phi) is 6.05. The molecule has 0 aliphatic carbocycles. The highest BCUT2D eigenvalue weighted by molar-refractivity contribution is 7.56. The maximum absolute atomic E-state index is 13.2. The van der Waals surface area contributed by atoms with Crippen LogP contribution < -0.4 is 5.73 Å². The molecule has 1 aliphatic heterocycles. The predicted octanol–water partition coefficient (Wildman–Crippen LogP) is 0.859. The molecule has 1 aliphatic rings. The largest absolute Gasteiger partial charge is 0.468 e. The summed E-state index contributed by atoms with van der Waals surface area (Å²) in [5, 5.41) is 0. The molecule has 0 saturated carbocycles. The van der Waals surface area contributed by atoms with Crippen molar-refractivity contribution in [3.63, 3.8) is 0 Å². The van der Waals surface area contributed by atoms with Crippen LogP contribution in [0, 0.1) is 0 Å². The van der Waals surface area contributed by atoms with Gasteiger partial charge in [-0.1, -0.05) is 0 Å². The third kappa shape index (κ3) is 4.11. The average molecular weight is 398 g/mol. The summed E-state index contributed by atoms with van der Waals surface area (Å²) in [5.41, 5.74) is 6.89. The molecular weight excluding hydrogens is 375 g/mol. The van der Waals surface area contributed by atoms with Crippen molar-refractivity contribution in [1.82, 2.24) is 24.2 Å². The summed E-state index contributed by atoms with van der Waals surface area (Å²) in [7, 11) is -1.97. The standard InChI is InChI=1S/C15H23N6O5P/c1-11(15(22)24-2)21-4-3-6-26-27(21,23)10-25-7-5-20-9-19-12-13(16)17-8-18-14(12)20/h8-9,11H,3-7,10H2,1-2H3,(H2,16,17,18)/t11-,27-/m0/s1. The Labute approximate surface area is 156 Å².